The number of Topliss-reactive ketones (excluding diaryl/α,β-unsaturated/α-hetero) is 1. The third-order valence-corrected chi connectivity index (χ3v) is 5.93. The van der Waals surface area contributed by atoms with Gasteiger partial charge in [0.05, 0.1) is 21.7 Å². The van der Waals surface area contributed by atoms with Crippen LogP contribution < -0.4 is 4.90 Å². The van der Waals surface area contributed by atoms with E-state index in [1.165, 1.54) is 60.7 Å². The second-order valence-corrected chi connectivity index (χ2v) is 8.05. The SMILES string of the molecule is O=C1C(=O)N(c2ccc(Cl)c(Cl)c2)C(c2ccccc2F)/C1=C(\O)c1ccc(Cl)cc1. The first-order valence-corrected chi connectivity index (χ1v) is 10.2. The predicted octanol–water partition coefficient (Wildman–Crippen LogP) is 6.41. The fourth-order valence-electron chi connectivity index (χ4n) is 3.49. The van der Waals surface area contributed by atoms with E-state index >= 15 is 0 Å². The molecule has 1 amide bonds. The zero-order chi connectivity index (χ0) is 22.3. The molecule has 0 aliphatic carbocycles. The fraction of sp³-hybridized carbons (Fsp3) is 0.0435. The first-order chi connectivity index (χ1) is 14.8. The molecule has 0 radical (unpaired) electrons. The van der Waals surface area contributed by atoms with E-state index in [-0.39, 0.29) is 32.4 Å². The van der Waals surface area contributed by atoms with Crippen molar-refractivity contribution in [2.75, 3.05) is 4.90 Å². The Labute approximate surface area is 192 Å². The minimum atomic E-state index is -1.21. The summed E-state index contributed by atoms with van der Waals surface area (Å²) in [4.78, 5) is 27.1. The normalized spacial score (nSPS) is 17.9. The molecule has 156 valence electrons. The van der Waals surface area contributed by atoms with Gasteiger partial charge in [-0.25, -0.2) is 4.39 Å². The minimum Gasteiger partial charge on any atom is -0.507 e. The van der Waals surface area contributed by atoms with Crippen LogP contribution in [0.2, 0.25) is 15.1 Å². The largest absolute Gasteiger partial charge is 0.507 e. The number of halogens is 4. The number of benzene rings is 3. The van der Waals surface area contributed by atoms with Crippen molar-refractivity contribution in [2.24, 2.45) is 0 Å². The summed E-state index contributed by atoms with van der Waals surface area (Å²) in [5.74, 6) is -2.96. The topological polar surface area (TPSA) is 57.6 Å². The van der Waals surface area contributed by atoms with Crippen LogP contribution in [0.3, 0.4) is 0 Å². The molecular weight excluding hydrogens is 464 g/mol. The molecule has 4 rings (SSSR count). The Morgan fingerprint density at radius 2 is 1.58 bits per heavy atom. The Bertz CT molecular complexity index is 1240. The van der Waals surface area contributed by atoms with E-state index in [9.17, 15) is 19.1 Å². The zero-order valence-corrected chi connectivity index (χ0v) is 17.9. The molecule has 1 atom stereocenters. The number of hydrogen-bond acceptors (Lipinski definition) is 3. The average molecular weight is 477 g/mol. The molecule has 0 aromatic heterocycles. The third kappa shape index (κ3) is 3.81. The van der Waals surface area contributed by atoms with Gasteiger partial charge in [-0.3, -0.25) is 14.5 Å². The number of amides is 1. The Kier molecular flexibility index (Phi) is 5.75. The molecule has 8 heteroatoms. The highest BCUT2D eigenvalue weighted by Gasteiger charge is 2.47. The lowest BCUT2D eigenvalue weighted by molar-refractivity contribution is -0.132. The molecule has 4 nitrogen and oxygen atoms in total. The predicted molar refractivity (Wildman–Crippen MR) is 119 cm³/mol. The molecule has 1 unspecified atom stereocenters. The highest BCUT2D eigenvalue weighted by molar-refractivity contribution is 6.52. The van der Waals surface area contributed by atoms with Gasteiger partial charge in [-0.05, 0) is 48.5 Å². The van der Waals surface area contributed by atoms with Crippen LogP contribution in [0.1, 0.15) is 17.2 Å². The van der Waals surface area contributed by atoms with E-state index in [4.69, 9.17) is 34.8 Å². The molecule has 3 aromatic carbocycles. The summed E-state index contributed by atoms with van der Waals surface area (Å²) in [6.45, 7) is 0. The number of carbonyl (C=O) groups is 2. The van der Waals surface area contributed by atoms with Gasteiger partial charge in [0.1, 0.15) is 11.6 Å². The summed E-state index contributed by atoms with van der Waals surface area (Å²) in [6.07, 6.45) is 0. The van der Waals surface area contributed by atoms with Crippen LogP contribution in [0, 0.1) is 5.82 Å². The minimum absolute atomic E-state index is 0.0447. The molecule has 1 heterocycles. The van der Waals surface area contributed by atoms with Crippen molar-refractivity contribution in [3.05, 3.63) is 104 Å². The maximum absolute atomic E-state index is 14.8. The van der Waals surface area contributed by atoms with Crippen molar-refractivity contribution < 1.29 is 19.1 Å². The second-order valence-electron chi connectivity index (χ2n) is 6.80. The van der Waals surface area contributed by atoms with Gasteiger partial charge in [-0.15, -0.1) is 0 Å². The molecule has 1 fully saturated rings. The number of aliphatic hydroxyl groups excluding tert-OH is 1. The summed E-state index contributed by atoms with van der Waals surface area (Å²) >= 11 is 18.0. The van der Waals surface area contributed by atoms with Gasteiger partial charge in [0.25, 0.3) is 11.7 Å². The lowest BCUT2D eigenvalue weighted by atomic mass is 9.94. The summed E-state index contributed by atoms with van der Waals surface area (Å²) in [6, 6.07) is 15.0. The van der Waals surface area contributed by atoms with Crippen molar-refractivity contribution in [3.63, 3.8) is 0 Å². The monoisotopic (exact) mass is 475 g/mol. The van der Waals surface area contributed by atoms with Crippen LogP contribution in [-0.2, 0) is 9.59 Å². The number of hydrogen-bond donors (Lipinski definition) is 1. The summed E-state index contributed by atoms with van der Waals surface area (Å²) in [5.41, 5.74) is 0.296. The average Bonchev–Trinajstić information content (AvgIpc) is 3.01. The van der Waals surface area contributed by atoms with Crippen molar-refractivity contribution in [3.8, 4) is 0 Å². The third-order valence-electron chi connectivity index (χ3n) is 4.94. The first kappa shape index (κ1) is 21.4. The quantitative estimate of drug-likeness (QED) is 0.270. The summed E-state index contributed by atoms with van der Waals surface area (Å²) in [7, 11) is 0. The number of ketones is 1. The Hall–Kier alpha value is -2.86. The van der Waals surface area contributed by atoms with Gasteiger partial charge in [0.2, 0.25) is 0 Å². The Balaban J connectivity index is 1.98. The highest BCUT2D eigenvalue weighted by Crippen LogP contribution is 2.44. The van der Waals surface area contributed by atoms with Gasteiger partial charge < -0.3 is 5.11 Å². The molecule has 0 bridgehead atoms. The molecule has 3 aromatic rings. The molecular formula is C23H13Cl3FNO3. The van der Waals surface area contributed by atoms with E-state index in [1.54, 1.807) is 6.07 Å². The summed E-state index contributed by atoms with van der Waals surface area (Å²) < 4.78 is 14.8. The van der Waals surface area contributed by atoms with Crippen LogP contribution in [0.25, 0.3) is 5.76 Å². The van der Waals surface area contributed by atoms with Gasteiger partial charge >= 0.3 is 0 Å². The van der Waals surface area contributed by atoms with Crippen LogP contribution in [0.15, 0.2) is 72.3 Å². The maximum atomic E-state index is 14.8. The molecule has 1 aliphatic rings. The van der Waals surface area contributed by atoms with Crippen molar-refractivity contribution >= 4 is 57.9 Å². The Morgan fingerprint density at radius 3 is 2.23 bits per heavy atom. The number of anilines is 1. The van der Waals surface area contributed by atoms with Gasteiger partial charge in [0, 0.05) is 21.8 Å². The van der Waals surface area contributed by atoms with Crippen LogP contribution >= 0.6 is 34.8 Å². The van der Waals surface area contributed by atoms with Crippen molar-refractivity contribution in [1.82, 2.24) is 0 Å². The maximum Gasteiger partial charge on any atom is 0.300 e. The highest BCUT2D eigenvalue weighted by atomic mass is 35.5. The van der Waals surface area contributed by atoms with E-state index in [2.05, 4.69) is 0 Å². The van der Waals surface area contributed by atoms with Gasteiger partial charge in [-0.2, -0.15) is 0 Å². The smallest absolute Gasteiger partial charge is 0.300 e. The lowest BCUT2D eigenvalue weighted by Gasteiger charge is -2.26. The van der Waals surface area contributed by atoms with E-state index < -0.39 is 29.3 Å². The molecule has 0 spiro atoms. The Morgan fingerprint density at radius 1 is 0.903 bits per heavy atom. The molecule has 1 aliphatic heterocycles. The standard InChI is InChI=1S/C23H13Cl3FNO3/c24-13-7-5-12(6-8-13)21(29)19-20(15-3-1-2-4-18(15)27)28(23(31)22(19)30)14-9-10-16(25)17(26)11-14/h1-11,20,29H/b21-19+. The number of aliphatic hydroxyl groups is 1. The van der Waals surface area contributed by atoms with Crippen LogP contribution in [0.5, 0.6) is 0 Å². The lowest BCUT2D eigenvalue weighted by Crippen LogP contribution is -2.29. The molecule has 0 saturated carbocycles. The van der Waals surface area contributed by atoms with Crippen molar-refractivity contribution in [1.29, 1.82) is 0 Å². The number of rotatable bonds is 3. The number of carbonyl (C=O) groups excluding carboxylic acids is 2. The van der Waals surface area contributed by atoms with Crippen LogP contribution in [0.4, 0.5) is 10.1 Å². The second kappa shape index (κ2) is 8.35. The number of nitrogens with zero attached hydrogens (tertiary/aromatic N) is 1. The molecule has 1 saturated heterocycles. The van der Waals surface area contributed by atoms with E-state index in [0.717, 1.165) is 4.90 Å². The zero-order valence-electron chi connectivity index (χ0n) is 15.7. The van der Waals surface area contributed by atoms with Crippen LogP contribution in [-0.4, -0.2) is 16.8 Å². The van der Waals surface area contributed by atoms with Crippen molar-refractivity contribution in [2.45, 2.75) is 6.04 Å². The van der Waals surface area contributed by atoms with E-state index in [0.29, 0.717) is 5.02 Å². The van der Waals surface area contributed by atoms with E-state index in [1.807, 2.05) is 0 Å². The van der Waals surface area contributed by atoms with Gasteiger partial charge in [0.15, 0.2) is 0 Å². The molecule has 1 N–H and O–H groups in total. The molecule has 31 heavy (non-hydrogen) atoms. The van der Waals surface area contributed by atoms with Gasteiger partial charge in [-0.1, -0.05) is 53.0 Å². The summed E-state index contributed by atoms with van der Waals surface area (Å²) in [5, 5.41) is 11.8. The fourth-order valence-corrected chi connectivity index (χ4v) is 3.91. The first-order valence-electron chi connectivity index (χ1n) is 9.06.